The third kappa shape index (κ3) is 3.84. The van der Waals surface area contributed by atoms with Gasteiger partial charge in [0, 0.05) is 22.9 Å². The van der Waals surface area contributed by atoms with E-state index in [1.165, 1.54) is 30.6 Å². The number of anilines is 1. The van der Waals surface area contributed by atoms with E-state index < -0.39 is 5.60 Å². The normalized spacial score (nSPS) is 23.0. The molecule has 2 heterocycles. The molecular formula is C19H21ClN4O2S. The van der Waals surface area contributed by atoms with E-state index in [-0.39, 0.29) is 5.91 Å². The Morgan fingerprint density at radius 3 is 2.81 bits per heavy atom. The molecule has 8 heteroatoms. The summed E-state index contributed by atoms with van der Waals surface area (Å²) in [6.45, 7) is 1.72. The summed E-state index contributed by atoms with van der Waals surface area (Å²) in [6, 6.07) is 7.40. The first kappa shape index (κ1) is 18.4. The Bertz CT molecular complexity index is 878. The van der Waals surface area contributed by atoms with Crippen LogP contribution in [0.5, 0.6) is 0 Å². The van der Waals surface area contributed by atoms with E-state index in [4.69, 9.17) is 16.4 Å². The van der Waals surface area contributed by atoms with E-state index in [1.54, 1.807) is 13.0 Å². The molecule has 1 saturated carbocycles. The third-order valence-corrected chi connectivity index (χ3v) is 6.47. The van der Waals surface area contributed by atoms with Crippen molar-refractivity contribution in [1.82, 2.24) is 10.2 Å². The average Bonchev–Trinajstić information content (AvgIpc) is 3.31. The van der Waals surface area contributed by atoms with Gasteiger partial charge in [0.25, 0.3) is 5.91 Å². The van der Waals surface area contributed by atoms with Gasteiger partial charge < -0.3 is 4.84 Å². The van der Waals surface area contributed by atoms with Crippen LogP contribution >= 0.6 is 22.9 Å². The van der Waals surface area contributed by atoms with Crippen LogP contribution in [0.25, 0.3) is 0 Å². The van der Waals surface area contributed by atoms with Crippen LogP contribution in [-0.2, 0) is 9.63 Å². The molecule has 1 aliphatic heterocycles. The van der Waals surface area contributed by atoms with Crippen LogP contribution in [0.1, 0.15) is 61.9 Å². The quantitative estimate of drug-likeness (QED) is 0.796. The van der Waals surface area contributed by atoms with Gasteiger partial charge in [0.15, 0.2) is 0 Å². The highest BCUT2D eigenvalue weighted by atomic mass is 35.5. The van der Waals surface area contributed by atoms with E-state index in [2.05, 4.69) is 20.7 Å². The molecule has 1 N–H and O–H groups in total. The number of amides is 1. The summed E-state index contributed by atoms with van der Waals surface area (Å²) in [5.41, 5.74) is 0.357. The van der Waals surface area contributed by atoms with Crippen molar-refractivity contribution in [3.05, 3.63) is 39.9 Å². The van der Waals surface area contributed by atoms with Gasteiger partial charge in [0.05, 0.1) is 5.71 Å². The molecule has 4 rings (SSSR count). The molecule has 1 amide bonds. The topological polar surface area (TPSA) is 76.5 Å². The van der Waals surface area contributed by atoms with Crippen molar-refractivity contribution < 1.29 is 9.63 Å². The fourth-order valence-electron chi connectivity index (χ4n) is 3.53. The highest BCUT2D eigenvalue weighted by Gasteiger charge is 2.43. The van der Waals surface area contributed by atoms with Gasteiger partial charge in [-0.2, -0.15) is 0 Å². The van der Waals surface area contributed by atoms with E-state index in [9.17, 15) is 4.79 Å². The molecular weight excluding hydrogens is 384 g/mol. The van der Waals surface area contributed by atoms with Gasteiger partial charge in [-0.15, -0.1) is 10.2 Å². The molecule has 2 aliphatic rings. The Labute approximate surface area is 167 Å². The molecule has 142 valence electrons. The fraction of sp³-hybridized carbons (Fsp3) is 0.474. The molecule has 0 bridgehead atoms. The molecule has 0 unspecified atom stereocenters. The Balaban J connectivity index is 1.42. The second kappa shape index (κ2) is 7.56. The number of hydrogen-bond acceptors (Lipinski definition) is 6. The van der Waals surface area contributed by atoms with E-state index in [0.29, 0.717) is 28.2 Å². The fourth-order valence-corrected chi connectivity index (χ4v) is 4.68. The Morgan fingerprint density at radius 2 is 2.04 bits per heavy atom. The van der Waals surface area contributed by atoms with Crippen molar-refractivity contribution in [3.63, 3.8) is 0 Å². The number of oxime groups is 1. The number of rotatable bonds is 4. The van der Waals surface area contributed by atoms with Crippen molar-refractivity contribution in [3.8, 4) is 0 Å². The van der Waals surface area contributed by atoms with Gasteiger partial charge in [-0.05, 0) is 25.8 Å². The zero-order chi connectivity index (χ0) is 18.9. The molecule has 27 heavy (non-hydrogen) atoms. The summed E-state index contributed by atoms with van der Waals surface area (Å²) < 4.78 is 0. The number of hydrogen-bond donors (Lipinski definition) is 1. The summed E-state index contributed by atoms with van der Waals surface area (Å²) >= 11 is 7.69. The summed E-state index contributed by atoms with van der Waals surface area (Å²) in [5, 5.41) is 17.5. The molecule has 1 atom stereocenters. The van der Waals surface area contributed by atoms with Crippen molar-refractivity contribution in [2.75, 3.05) is 5.32 Å². The maximum Gasteiger partial charge on any atom is 0.273 e. The first-order chi connectivity index (χ1) is 13.0. The second-order valence-corrected chi connectivity index (χ2v) is 8.67. The van der Waals surface area contributed by atoms with Crippen LogP contribution in [0.15, 0.2) is 29.4 Å². The van der Waals surface area contributed by atoms with Crippen LogP contribution in [0.4, 0.5) is 5.13 Å². The number of aromatic nitrogens is 2. The van der Waals surface area contributed by atoms with Crippen LogP contribution in [0.3, 0.4) is 0 Å². The maximum absolute atomic E-state index is 12.8. The molecule has 1 aromatic heterocycles. The minimum absolute atomic E-state index is 0.278. The lowest BCUT2D eigenvalue weighted by atomic mass is 9.90. The standard InChI is InChI=1S/C19H21ClN4O2S/c1-19(11-15(24-26-19)13-9-5-6-10-14(13)20)17(25)21-18-23-22-16(27-18)12-7-3-2-4-8-12/h5-6,9-10,12H,2-4,7-8,11H2,1H3,(H,21,23,25)/t19-/m0/s1. The molecule has 1 fully saturated rings. The van der Waals surface area contributed by atoms with E-state index in [0.717, 1.165) is 23.4 Å². The number of nitrogens with zero attached hydrogens (tertiary/aromatic N) is 3. The first-order valence-electron chi connectivity index (χ1n) is 9.20. The SMILES string of the molecule is C[C@@]1(C(=O)Nc2nnc(C3CCCCC3)s2)CC(c2ccccc2Cl)=NO1. The Hall–Kier alpha value is -1.99. The van der Waals surface area contributed by atoms with Gasteiger partial charge >= 0.3 is 0 Å². The number of carbonyl (C=O) groups excluding carboxylic acids is 1. The van der Waals surface area contributed by atoms with Crippen molar-refractivity contribution in [1.29, 1.82) is 0 Å². The van der Waals surface area contributed by atoms with Gasteiger partial charge in [0.1, 0.15) is 5.01 Å². The summed E-state index contributed by atoms with van der Waals surface area (Å²) in [5.74, 6) is 0.190. The summed E-state index contributed by atoms with van der Waals surface area (Å²) in [7, 11) is 0. The molecule has 0 saturated heterocycles. The number of benzene rings is 1. The van der Waals surface area contributed by atoms with Crippen LogP contribution in [0, 0.1) is 0 Å². The predicted octanol–water partition coefficient (Wildman–Crippen LogP) is 4.76. The van der Waals surface area contributed by atoms with E-state index in [1.807, 2.05) is 18.2 Å². The number of carbonyl (C=O) groups is 1. The summed E-state index contributed by atoms with van der Waals surface area (Å²) in [6.07, 6.45) is 6.41. The van der Waals surface area contributed by atoms with E-state index >= 15 is 0 Å². The Kier molecular flexibility index (Phi) is 5.14. The number of halogens is 1. The average molecular weight is 405 g/mol. The van der Waals surface area contributed by atoms with Gasteiger partial charge in [-0.1, -0.05) is 65.6 Å². The molecule has 1 aliphatic carbocycles. The van der Waals surface area contributed by atoms with Crippen LogP contribution < -0.4 is 5.32 Å². The zero-order valence-corrected chi connectivity index (χ0v) is 16.6. The maximum atomic E-state index is 12.8. The van der Waals surface area contributed by atoms with Crippen LogP contribution in [-0.4, -0.2) is 27.4 Å². The minimum atomic E-state index is -1.09. The Morgan fingerprint density at radius 1 is 1.26 bits per heavy atom. The monoisotopic (exact) mass is 404 g/mol. The van der Waals surface area contributed by atoms with Crippen molar-refractivity contribution in [2.45, 2.75) is 57.0 Å². The van der Waals surface area contributed by atoms with Crippen molar-refractivity contribution in [2.24, 2.45) is 5.16 Å². The van der Waals surface area contributed by atoms with Gasteiger partial charge in [0.2, 0.25) is 10.7 Å². The first-order valence-corrected chi connectivity index (χ1v) is 10.4. The molecule has 2 aromatic rings. The minimum Gasteiger partial charge on any atom is -0.379 e. The highest BCUT2D eigenvalue weighted by molar-refractivity contribution is 7.15. The second-order valence-electron chi connectivity index (χ2n) is 7.25. The zero-order valence-electron chi connectivity index (χ0n) is 15.1. The lowest BCUT2D eigenvalue weighted by molar-refractivity contribution is -0.135. The molecule has 6 nitrogen and oxygen atoms in total. The molecule has 0 spiro atoms. The predicted molar refractivity (Wildman–Crippen MR) is 106 cm³/mol. The third-order valence-electron chi connectivity index (χ3n) is 5.14. The smallest absolute Gasteiger partial charge is 0.273 e. The van der Waals surface area contributed by atoms with Crippen LogP contribution in [0.2, 0.25) is 5.02 Å². The molecule has 0 radical (unpaired) electrons. The van der Waals surface area contributed by atoms with Crippen molar-refractivity contribution >= 4 is 39.7 Å². The lowest BCUT2D eigenvalue weighted by Gasteiger charge is -2.19. The van der Waals surface area contributed by atoms with Gasteiger partial charge in [-0.3, -0.25) is 10.1 Å². The summed E-state index contributed by atoms with van der Waals surface area (Å²) in [4.78, 5) is 18.3. The highest BCUT2D eigenvalue weighted by Crippen LogP contribution is 2.36. The lowest BCUT2D eigenvalue weighted by Crippen LogP contribution is -2.40. The van der Waals surface area contributed by atoms with Gasteiger partial charge in [-0.25, -0.2) is 0 Å². The number of nitrogens with one attached hydrogen (secondary N) is 1. The molecule has 1 aromatic carbocycles. The largest absolute Gasteiger partial charge is 0.379 e.